The minimum absolute atomic E-state index is 0.276. The Morgan fingerprint density at radius 2 is 1.87 bits per heavy atom. The van der Waals surface area contributed by atoms with Gasteiger partial charge in [-0.3, -0.25) is 15.4 Å². The van der Waals surface area contributed by atoms with Crippen molar-refractivity contribution in [2.75, 3.05) is 5.32 Å². The van der Waals surface area contributed by atoms with Crippen molar-refractivity contribution in [1.29, 1.82) is 5.41 Å². The Kier molecular flexibility index (Phi) is 2.64. The first-order valence-corrected chi connectivity index (χ1v) is 4.38. The molecule has 0 saturated carbocycles. The molecule has 2 rings (SSSR count). The molecule has 0 aliphatic carbocycles. The van der Waals surface area contributed by atoms with Crippen LogP contribution in [-0.4, -0.2) is 20.8 Å². The number of amidine groups is 1. The lowest BCUT2D eigenvalue weighted by molar-refractivity contribution is 1.20. The fourth-order valence-corrected chi connectivity index (χ4v) is 1.08. The standard InChI is InChI=1S/C10H9N5/c11-10(8-1-3-12-4-2-8)15-9-7-13-5-6-14-9/h1-7H,(H2,11,14,15). The van der Waals surface area contributed by atoms with Gasteiger partial charge in [0.1, 0.15) is 11.7 Å². The quantitative estimate of drug-likeness (QED) is 0.565. The van der Waals surface area contributed by atoms with E-state index in [2.05, 4.69) is 20.3 Å². The molecule has 5 nitrogen and oxygen atoms in total. The van der Waals surface area contributed by atoms with Gasteiger partial charge in [-0.1, -0.05) is 0 Å². The minimum Gasteiger partial charge on any atom is -0.324 e. The third-order valence-corrected chi connectivity index (χ3v) is 1.79. The topological polar surface area (TPSA) is 74.6 Å². The first-order chi connectivity index (χ1) is 7.36. The van der Waals surface area contributed by atoms with Crippen LogP contribution >= 0.6 is 0 Å². The van der Waals surface area contributed by atoms with Gasteiger partial charge in [-0.15, -0.1) is 0 Å². The number of nitrogens with one attached hydrogen (secondary N) is 2. The van der Waals surface area contributed by atoms with Crippen molar-refractivity contribution < 1.29 is 0 Å². The molecule has 2 aromatic heterocycles. The number of hydrogen-bond donors (Lipinski definition) is 2. The lowest BCUT2D eigenvalue weighted by atomic mass is 10.2. The predicted molar refractivity (Wildman–Crippen MR) is 56.7 cm³/mol. The Labute approximate surface area is 86.7 Å². The van der Waals surface area contributed by atoms with Gasteiger partial charge in [0.25, 0.3) is 0 Å². The van der Waals surface area contributed by atoms with Gasteiger partial charge in [-0.2, -0.15) is 0 Å². The highest BCUT2D eigenvalue weighted by molar-refractivity contribution is 6.05. The molecule has 0 aliphatic heterocycles. The molecule has 0 saturated heterocycles. The summed E-state index contributed by atoms with van der Waals surface area (Å²) in [6.45, 7) is 0. The number of nitrogens with zero attached hydrogens (tertiary/aromatic N) is 3. The first kappa shape index (κ1) is 9.26. The Bertz CT molecular complexity index is 440. The third kappa shape index (κ3) is 2.34. The summed E-state index contributed by atoms with van der Waals surface area (Å²) in [6, 6.07) is 3.51. The maximum absolute atomic E-state index is 7.76. The third-order valence-electron chi connectivity index (χ3n) is 1.79. The van der Waals surface area contributed by atoms with Crippen LogP contribution in [0, 0.1) is 5.41 Å². The van der Waals surface area contributed by atoms with E-state index in [9.17, 15) is 0 Å². The zero-order valence-electron chi connectivity index (χ0n) is 7.88. The molecule has 0 bridgehead atoms. The predicted octanol–water partition coefficient (Wildman–Crippen LogP) is 1.31. The van der Waals surface area contributed by atoms with Gasteiger partial charge in [0.2, 0.25) is 0 Å². The van der Waals surface area contributed by atoms with E-state index in [4.69, 9.17) is 5.41 Å². The summed E-state index contributed by atoms with van der Waals surface area (Å²) in [5, 5.41) is 10.6. The van der Waals surface area contributed by atoms with Crippen LogP contribution in [0.15, 0.2) is 43.1 Å². The second kappa shape index (κ2) is 4.28. The van der Waals surface area contributed by atoms with Crippen LogP contribution in [0.1, 0.15) is 5.56 Å². The molecule has 0 aliphatic rings. The molecule has 74 valence electrons. The van der Waals surface area contributed by atoms with Crippen LogP contribution in [0.3, 0.4) is 0 Å². The summed E-state index contributed by atoms with van der Waals surface area (Å²) >= 11 is 0. The van der Waals surface area contributed by atoms with Gasteiger partial charge < -0.3 is 5.32 Å². The van der Waals surface area contributed by atoms with E-state index in [0.717, 1.165) is 5.56 Å². The van der Waals surface area contributed by atoms with Gasteiger partial charge in [0.15, 0.2) is 0 Å². The molecule has 0 aromatic carbocycles. The summed E-state index contributed by atoms with van der Waals surface area (Å²) in [5.74, 6) is 0.831. The Balaban J connectivity index is 2.12. The highest BCUT2D eigenvalue weighted by Crippen LogP contribution is 2.02. The van der Waals surface area contributed by atoms with Crippen molar-refractivity contribution in [3.8, 4) is 0 Å². The molecule has 0 atom stereocenters. The van der Waals surface area contributed by atoms with Gasteiger partial charge >= 0.3 is 0 Å². The molecule has 0 fully saturated rings. The Morgan fingerprint density at radius 3 is 2.53 bits per heavy atom. The van der Waals surface area contributed by atoms with E-state index in [-0.39, 0.29) is 5.84 Å². The van der Waals surface area contributed by atoms with Crippen LogP contribution in [0.4, 0.5) is 5.82 Å². The SMILES string of the molecule is N=C(Nc1cnccn1)c1ccncc1. The van der Waals surface area contributed by atoms with E-state index < -0.39 is 0 Å². The molecular weight excluding hydrogens is 190 g/mol. The lowest BCUT2D eigenvalue weighted by Gasteiger charge is -2.05. The largest absolute Gasteiger partial charge is 0.324 e. The fraction of sp³-hybridized carbons (Fsp3) is 0. The average Bonchev–Trinajstić information content (AvgIpc) is 2.31. The van der Waals surface area contributed by atoms with E-state index in [1.165, 1.54) is 0 Å². The molecule has 0 amide bonds. The zero-order chi connectivity index (χ0) is 10.5. The number of anilines is 1. The Hall–Kier alpha value is -2.30. The van der Waals surface area contributed by atoms with Crippen molar-refractivity contribution in [1.82, 2.24) is 15.0 Å². The molecule has 2 aromatic rings. The highest BCUT2D eigenvalue weighted by Gasteiger charge is 2.00. The fourth-order valence-electron chi connectivity index (χ4n) is 1.08. The van der Waals surface area contributed by atoms with E-state index in [1.807, 2.05) is 0 Å². The molecule has 15 heavy (non-hydrogen) atoms. The van der Waals surface area contributed by atoms with E-state index in [1.54, 1.807) is 43.1 Å². The number of aromatic nitrogens is 3. The molecule has 2 N–H and O–H groups in total. The van der Waals surface area contributed by atoms with Crippen molar-refractivity contribution in [2.45, 2.75) is 0 Å². The molecule has 5 heteroatoms. The van der Waals surface area contributed by atoms with Crippen molar-refractivity contribution >= 4 is 11.7 Å². The highest BCUT2D eigenvalue weighted by atomic mass is 15.0. The van der Waals surface area contributed by atoms with Gasteiger partial charge in [-0.25, -0.2) is 4.98 Å². The second-order valence-corrected chi connectivity index (χ2v) is 2.83. The lowest BCUT2D eigenvalue weighted by Crippen LogP contribution is -2.12. The number of rotatable bonds is 2. The summed E-state index contributed by atoms with van der Waals surface area (Å²) in [7, 11) is 0. The van der Waals surface area contributed by atoms with Crippen LogP contribution in [-0.2, 0) is 0 Å². The number of hydrogen-bond acceptors (Lipinski definition) is 4. The zero-order valence-corrected chi connectivity index (χ0v) is 7.88. The minimum atomic E-state index is 0.276. The van der Waals surface area contributed by atoms with Crippen molar-refractivity contribution in [3.63, 3.8) is 0 Å². The Morgan fingerprint density at radius 1 is 1.07 bits per heavy atom. The molecular formula is C10H9N5. The first-order valence-electron chi connectivity index (χ1n) is 4.38. The summed E-state index contributed by atoms with van der Waals surface area (Å²) in [4.78, 5) is 11.8. The van der Waals surface area contributed by atoms with Crippen LogP contribution in [0.5, 0.6) is 0 Å². The monoisotopic (exact) mass is 199 g/mol. The molecule has 0 spiro atoms. The average molecular weight is 199 g/mol. The van der Waals surface area contributed by atoms with Gasteiger partial charge in [0, 0.05) is 30.4 Å². The second-order valence-electron chi connectivity index (χ2n) is 2.83. The molecule has 0 radical (unpaired) electrons. The smallest absolute Gasteiger partial charge is 0.150 e. The summed E-state index contributed by atoms with van der Waals surface area (Å²) < 4.78 is 0. The van der Waals surface area contributed by atoms with Crippen LogP contribution < -0.4 is 5.32 Å². The van der Waals surface area contributed by atoms with Crippen LogP contribution in [0.2, 0.25) is 0 Å². The van der Waals surface area contributed by atoms with Crippen LogP contribution in [0.25, 0.3) is 0 Å². The molecule has 2 heterocycles. The summed E-state index contributed by atoms with van der Waals surface area (Å²) in [5.41, 5.74) is 0.760. The maximum Gasteiger partial charge on any atom is 0.150 e. The maximum atomic E-state index is 7.76. The summed E-state index contributed by atoms with van der Waals surface area (Å²) in [6.07, 6.45) is 8.00. The van der Waals surface area contributed by atoms with E-state index in [0.29, 0.717) is 5.82 Å². The van der Waals surface area contributed by atoms with Gasteiger partial charge in [-0.05, 0) is 12.1 Å². The normalized spacial score (nSPS) is 9.60. The van der Waals surface area contributed by atoms with Crippen molar-refractivity contribution in [3.05, 3.63) is 48.7 Å². The molecule has 0 unspecified atom stereocenters. The van der Waals surface area contributed by atoms with Crippen molar-refractivity contribution in [2.24, 2.45) is 0 Å². The number of pyridine rings is 1. The van der Waals surface area contributed by atoms with Gasteiger partial charge in [0.05, 0.1) is 6.20 Å². The van der Waals surface area contributed by atoms with E-state index >= 15 is 0 Å².